The molecule has 0 fully saturated rings. The van der Waals surface area contributed by atoms with Crippen molar-refractivity contribution < 1.29 is 27.1 Å². The standard InChI is InChI=1S/C14H11BrF3NO3/c15-12-5-4-11(22-12)13(20)19-6-7-21-10-3-1-2-9(8-10)14(16,17)18/h1-5,8H,6-7H2,(H,19,20). The molecule has 0 saturated heterocycles. The van der Waals surface area contributed by atoms with Gasteiger partial charge in [-0.3, -0.25) is 4.79 Å². The maximum atomic E-state index is 12.5. The van der Waals surface area contributed by atoms with E-state index in [9.17, 15) is 18.0 Å². The largest absolute Gasteiger partial charge is 0.492 e. The summed E-state index contributed by atoms with van der Waals surface area (Å²) in [6, 6.07) is 7.62. The molecule has 0 radical (unpaired) electrons. The number of amides is 1. The lowest BCUT2D eigenvalue weighted by Crippen LogP contribution is -2.27. The molecule has 0 spiro atoms. The van der Waals surface area contributed by atoms with Crippen molar-refractivity contribution in [3.05, 3.63) is 52.4 Å². The first-order chi connectivity index (χ1) is 10.4. The first-order valence-electron chi connectivity index (χ1n) is 6.20. The molecule has 1 aromatic carbocycles. The van der Waals surface area contributed by atoms with E-state index in [0.29, 0.717) is 4.67 Å². The molecule has 0 saturated carbocycles. The second kappa shape index (κ2) is 6.87. The highest BCUT2D eigenvalue weighted by molar-refractivity contribution is 9.10. The first kappa shape index (κ1) is 16.4. The Morgan fingerprint density at radius 3 is 2.68 bits per heavy atom. The zero-order valence-corrected chi connectivity index (χ0v) is 12.7. The van der Waals surface area contributed by atoms with E-state index < -0.39 is 17.6 Å². The van der Waals surface area contributed by atoms with Crippen LogP contribution in [0.25, 0.3) is 0 Å². The van der Waals surface area contributed by atoms with Crippen LogP contribution in [0.15, 0.2) is 45.5 Å². The van der Waals surface area contributed by atoms with Gasteiger partial charge < -0.3 is 14.5 Å². The van der Waals surface area contributed by atoms with Gasteiger partial charge in [-0.25, -0.2) is 0 Å². The second-order valence-electron chi connectivity index (χ2n) is 4.23. The van der Waals surface area contributed by atoms with Gasteiger partial charge >= 0.3 is 6.18 Å². The molecule has 0 bridgehead atoms. The predicted molar refractivity (Wildman–Crippen MR) is 75.7 cm³/mol. The van der Waals surface area contributed by atoms with Gasteiger partial charge in [0.05, 0.1) is 12.1 Å². The zero-order valence-electron chi connectivity index (χ0n) is 11.1. The van der Waals surface area contributed by atoms with E-state index in [0.717, 1.165) is 12.1 Å². The van der Waals surface area contributed by atoms with Crippen molar-refractivity contribution in [1.82, 2.24) is 5.32 Å². The number of hydrogen-bond acceptors (Lipinski definition) is 3. The molecule has 1 N–H and O–H groups in total. The van der Waals surface area contributed by atoms with Gasteiger partial charge in [0.15, 0.2) is 10.4 Å². The molecule has 0 aliphatic heterocycles. The van der Waals surface area contributed by atoms with Gasteiger partial charge in [-0.05, 0) is 46.3 Å². The summed E-state index contributed by atoms with van der Waals surface area (Å²) in [6.45, 7) is 0.169. The molecular formula is C14H11BrF3NO3. The average molecular weight is 378 g/mol. The Morgan fingerprint density at radius 1 is 1.27 bits per heavy atom. The molecular weight excluding hydrogens is 367 g/mol. The molecule has 1 heterocycles. The Hall–Kier alpha value is -1.96. The molecule has 0 atom stereocenters. The Balaban J connectivity index is 1.81. The van der Waals surface area contributed by atoms with Gasteiger partial charge in [-0.2, -0.15) is 13.2 Å². The molecule has 118 valence electrons. The minimum absolute atomic E-state index is 0.0366. The monoisotopic (exact) mass is 377 g/mol. The second-order valence-corrected chi connectivity index (χ2v) is 5.02. The predicted octanol–water partition coefficient (Wildman–Crippen LogP) is 3.87. The molecule has 0 aliphatic carbocycles. The smallest absolute Gasteiger partial charge is 0.416 e. The van der Waals surface area contributed by atoms with Crippen LogP contribution in [0, 0.1) is 0 Å². The lowest BCUT2D eigenvalue weighted by Gasteiger charge is -2.10. The number of benzene rings is 1. The molecule has 1 amide bonds. The summed E-state index contributed by atoms with van der Waals surface area (Å²) in [7, 11) is 0. The van der Waals surface area contributed by atoms with Crippen molar-refractivity contribution in [3.63, 3.8) is 0 Å². The molecule has 2 aromatic rings. The highest BCUT2D eigenvalue weighted by Crippen LogP contribution is 2.31. The van der Waals surface area contributed by atoms with Crippen LogP contribution in [0.1, 0.15) is 16.1 Å². The molecule has 8 heteroatoms. The summed E-state index contributed by atoms with van der Waals surface area (Å²) in [5, 5.41) is 2.53. The van der Waals surface area contributed by atoms with Gasteiger partial charge in [0.1, 0.15) is 12.4 Å². The first-order valence-corrected chi connectivity index (χ1v) is 6.99. The van der Waals surface area contributed by atoms with Crippen LogP contribution >= 0.6 is 15.9 Å². The van der Waals surface area contributed by atoms with E-state index in [2.05, 4.69) is 21.2 Å². The number of nitrogens with one attached hydrogen (secondary N) is 1. The van der Waals surface area contributed by atoms with Crippen molar-refractivity contribution in [3.8, 4) is 5.75 Å². The number of furan rings is 1. The van der Waals surface area contributed by atoms with E-state index >= 15 is 0 Å². The van der Waals surface area contributed by atoms with Gasteiger partial charge in [0.25, 0.3) is 5.91 Å². The normalized spacial score (nSPS) is 11.3. The maximum Gasteiger partial charge on any atom is 0.416 e. The summed E-state index contributed by atoms with van der Waals surface area (Å²) in [6.07, 6.45) is -4.42. The molecule has 2 rings (SSSR count). The van der Waals surface area contributed by atoms with Crippen LogP contribution in [0.3, 0.4) is 0 Å². The number of hydrogen-bond donors (Lipinski definition) is 1. The minimum Gasteiger partial charge on any atom is -0.492 e. The van der Waals surface area contributed by atoms with E-state index in [1.54, 1.807) is 6.07 Å². The topological polar surface area (TPSA) is 51.5 Å². The fourth-order valence-corrected chi connectivity index (χ4v) is 1.93. The number of halogens is 4. The quantitative estimate of drug-likeness (QED) is 0.804. The van der Waals surface area contributed by atoms with Crippen LogP contribution in [0.2, 0.25) is 0 Å². The Morgan fingerprint density at radius 2 is 2.05 bits per heavy atom. The summed E-state index contributed by atoms with van der Waals surface area (Å²) in [4.78, 5) is 11.6. The molecule has 22 heavy (non-hydrogen) atoms. The summed E-state index contributed by atoms with van der Waals surface area (Å²) in [5.41, 5.74) is -0.783. The summed E-state index contributed by atoms with van der Waals surface area (Å²) in [5.74, 6) is -0.214. The number of carbonyl (C=O) groups excluding carboxylic acids is 1. The maximum absolute atomic E-state index is 12.5. The Labute approximate surface area is 132 Å². The molecule has 4 nitrogen and oxygen atoms in total. The fourth-order valence-electron chi connectivity index (χ4n) is 1.62. The van der Waals surface area contributed by atoms with E-state index in [1.807, 2.05) is 0 Å². The number of rotatable bonds is 5. The number of carbonyl (C=O) groups is 1. The third kappa shape index (κ3) is 4.52. The third-order valence-electron chi connectivity index (χ3n) is 2.61. The number of ether oxygens (including phenoxy) is 1. The highest BCUT2D eigenvalue weighted by Gasteiger charge is 2.30. The van der Waals surface area contributed by atoms with Crippen LogP contribution < -0.4 is 10.1 Å². The third-order valence-corrected chi connectivity index (χ3v) is 3.04. The van der Waals surface area contributed by atoms with Gasteiger partial charge in [-0.15, -0.1) is 0 Å². The Kier molecular flexibility index (Phi) is 5.12. The van der Waals surface area contributed by atoms with Crippen molar-refractivity contribution >= 4 is 21.8 Å². The van der Waals surface area contributed by atoms with E-state index in [1.165, 1.54) is 18.2 Å². The molecule has 0 unspecified atom stereocenters. The van der Waals surface area contributed by atoms with Gasteiger partial charge in [0, 0.05) is 0 Å². The van der Waals surface area contributed by atoms with Crippen molar-refractivity contribution in [1.29, 1.82) is 0 Å². The fraction of sp³-hybridized carbons (Fsp3) is 0.214. The van der Waals surface area contributed by atoms with Crippen LogP contribution in [-0.2, 0) is 6.18 Å². The van der Waals surface area contributed by atoms with Crippen LogP contribution in [0.4, 0.5) is 13.2 Å². The van der Waals surface area contributed by atoms with Crippen LogP contribution in [-0.4, -0.2) is 19.1 Å². The SMILES string of the molecule is O=C(NCCOc1cccc(C(F)(F)F)c1)c1ccc(Br)o1. The van der Waals surface area contributed by atoms with Gasteiger partial charge in [-0.1, -0.05) is 6.07 Å². The molecule has 0 aliphatic rings. The minimum atomic E-state index is -4.42. The number of alkyl halides is 3. The molecule has 1 aromatic heterocycles. The lowest BCUT2D eigenvalue weighted by atomic mass is 10.2. The van der Waals surface area contributed by atoms with E-state index in [-0.39, 0.29) is 24.7 Å². The average Bonchev–Trinajstić information content (AvgIpc) is 2.89. The van der Waals surface area contributed by atoms with Crippen molar-refractivity contribution in [2.75, 3.05) is 13.2 Å². The van der Waals surface area contributed by atoms with E-state index in [4.69, 9.17) is 9.15 Å². The van der Waals surface area contributed by atoms with Crippen molar-refractivity contribution in [2.45, 2.75) is 6.18 Å². The summed E-state index contributed by atoms with van der Waals surface area (Å²) >= 11 is 3.07. The Bertz CT molecular complexity index is 655. The van der Waals surface area contributed by atoms with Crippen LogP contribution in [0.5, 0.6) is 5.75 Å². The van der Waals surface area contributed by atoms with Gasteiger partial charge in [0.2, 0.25) is 0 Å². The summed E-state index contributed by atoms with van der Waals surface area (Å²) < 4.78 is 48.2. The highest BCUT2D eigenvalue weighted by atomic mass is 79.9. The van der Waals surface area contributed by atoms with Crippen molar-refractivity contribution in [2.24, 2.45) is 0 Å². The zero-order chi connectivity index (χ0) is 16.2. The lowest BCUT2D eigenvalue weighted by molar-refractivity contribution is -0.137.